The summed E-state index contributed by atoms with van der Waals surface area (Å²) in [7, 11) is -3.14. The Labute approximate surface area is 165 Å². The van der Waals surface area contributed by atoms with E-state index < -0.39 is 10.0 Å². The van der Waals surface area contributed by atoms with Crippen LogP contribution in [-0.2, 0) is 14.8 Å². The summed E-state index contributed by atoms with van der Waals surface area (Å²) in [4.78, 5) is 16.5. The number of carbonyl (C=O) groups excluding carboxylic acids is 1. The van der Waals surface area contributed by atoms with Crippen LogP contribution in [-0.4, -0.2) is 75.4 Å². The maximum atomic E-state index is 12.1. The topological polar surface area (TPSA) is 82.2 Å². The Morgan fingerprint density at radius 2 is 1.78 bits per heavy atom. The molecule has 0 radical (unpaired) electrons. The average molecular weight is 413 g/mol. The SMILES string of the molecule is CC(=S)NCC1CN(c2ccc(N3CCN(S(C)(=O)=O)CC3)cc2)C(=O)O1. The van der Waals surface area contributed by atoms with Gasteiger partial charge in [-0.3, -0.25) is 4.90 Å². The van der Waals surface area contributed by atoms with Gasteiger partial charge in [0.2, 0.25) is 10.0 Å². The zero-order valence-electron chi connectivity index (χ0n) is 15.4. The Balaban J connectivity index is 1.59. The number of ether oxygens (including phenoxy) is 1. The molecule has 0 aromatic heterocycles. The molecule has 2 aliphatic heterocycles. The first-order valence-corrected chi connectivity index (χ1v) is 11.0. The van der Waals surface area contributed by atoms with Crippen LogP contribution in [0.5, 0.6) is 0 Å². The quantitative estimate of drug-likeness (QED) is 0.724. The number of cyclic esters (lactones) is 1. The summed E-state index contributed by atoms with van der Waals surface area (Å²) >= 11 is 4.98. The first-order valence-electron chi connectivity index (χ1n) is 8.77. The van der Waals surface area contributed by atoms with E-state index in [9.17, 15) is 13.2 Å². The zero-order valence-corrected chi connectivity index (χ0v) is 17.1. The van der Waals surface area contributed by atoms with Crippen LogP contribution in [0.25, 0.3) is 0 Å². The number of nitrogens with one attached hydrogen (secondary N) is 1. The molecule has 1 unspecified atom stereocenters. The molecule has 148 valence electrons. The molecule has 27 heavy (non-hydrogen) atoms. The lowest BCUT2D eigenvalue weighted by atomic mass is 10.2. The number of sulfonamides is 1. The van der Waals surface area contributed by atoms with Gasteiger partial charge in [-0.2, -0.15) is 4.31 Å². The van der Waals surface area contributed by atoms with Crippen molar-refractivity contribution in [3.8, 4) is 0 Å². The monoisotopic (exact) mass is 412 g/mol. The fourth-order valence-electron chi connectivity index (χ4n) is 3.22. The van der Waals surface area contributed by atoms with Crippen molar-refractivity contribution in [1.29, 1.82) is 0 Å². The van der Waals surface area contributed by atoms with Crippen molar-refractivity contribution in [2.45, 2.75) is 13.0 Å². The minimum absolute atomic E-state index is 0.237. The molecule has 10 heteroatoms. The Bertz CT molecular complexity index is 805. The lowest BCUT2D eigenvalue weighted by Crippen LogP contribution is -2.48. The van der Waals surface area contributed by atoms with Gasteiger partial charge in [-0.25, -0.2) is 13.2 Å². The van der Waals surface area contributed by atoms with Gasteiger partial charge < -0.3 is 15.0 Å². The minimum atomic E-state index is -3.14. The number of hydrogen-bond donors (Lipinski definition) is 1. The molecular formula is C17H24N4O4S2. The molecule has 2 fully saturated rings. The number of carbonyl (C=O) groups is 1. The van der Waals surface area contributed by atoms with E-state index in [2.05, 4.69) is 10.2 Å². The Kier molecular flexibility index (Phi) is 5.87. The number of nitrogens with zero attached hydrogens (tertiary/aromatic N) is 3. The first kappa shape index (κ1) is 19.8. The highest BCUT2D eigenvalue weighted by Gasteiger charge is 2.32. The molecule has 0 aliphatic carbocycles. The second kappa shape index (κ2) is 7.99. The summed E-state index contributed by atoms with van der Waals surface area (Å²) in [5.74, 6) is 0. The van der Waals surface area contributed by atoms with Gasteiger partial charge >= 0.3 is 6.09 Å². The summed E-state index contributed by atoms with van der Waals surface area (Å²) in [5, 5.41) is 3.02. The number of hydrogen-bond acceptors (Lipinski definition) is 6. The van der Waals surface area contributed by atoms with Crippen molar-refractivity contribution in [3.05, 3.63) is 24.3 Å². The molecule has 0 bridgehead atoms. The molecule has 0 saturated carbocycles. The Morgan fingerprint density at radius 1 is 1.19 bits per heavy atom. The standard InChI is InChI=1S/C17H24N4O4S2/c1-13(26)18-11-16-12-21(17(22)25-16)15-5-3-14(4-6-15)19-7-9-20(10-8-19)27(2,23)24/h3-6,16H,7-12H2,1-2H3,(H,18,26). The second-order valence-corrected chi connectivity index (χ2v) is 9.31. The molecule has 0 spiro atoms. The molecule has 2 saturated heterocycles. The van der Waals surface area contributed by atoms with Gasteiger partial charge in [-0.1, -0.05) is 12.2 Å². The molecule has 8 nitrogen and oxygen atoms in total. The van der Waals surface area contributed by atoms with Crippen LogP contribution in [0.15, 0.2) is 24.3 Å². The maximum absolute atomic E-state index is 12.1. The normalized spacial score (nSPS) is 21.3. The molecular weight excluding hydrogens is 388 g/mol. The zero-order chi connectivity index (χ0) is 19.6. The van der Waals surface area contributed by atoms with Crippen LogP contribution < -0.4 is 15.1 Å². The van der Waals surface area contributed by atoms with E-state index in [1.165, 1.54) is 10.6 Å². The molecule has 1 N–H and O–H groups in total. The highest BCUT2D eigenvalue weighted by Crippen LogP contribution is 2.25. The van der Waals surface area contributed by atoms with Crippen molar-refractivity contribution >= 4 is 44.7 Å². The number of amides is 1. The smallest absolute Gasteiger partial charge is 0.414 e. The van der Waals surface area contributed by atoms with E-state index in [0.717, 1.165) is 11.4 Å². The van der Waals surface area contributed by atoms with E-state index in [-0.39, 0.29) is 12.2 Å². The summed E-state index contributed by atoms with van der Waals surface area (Å²) in [6.07, 6.45) is 0.640. The third kappa shape index (κ3) is 4.88. The highest BCUT2D eigenvalue weighted by molar-refractivity contribution is 7.88. The number of piperazine rings is 1. The molecule has 1 aromatic rings. The van der Waals surface area contributed by atoms with E-state index >= 15 is 0 Å². The lowest BCUT2D eigenvalue weighted by molar-refractivity contribution is 0.143. The fraction of sp³-hybridized carbons (Fsp3) is 0.529. The van der Waals surface area contributed by atoms with Crippen molar-refractivity contribution < 1.29 is 17.9 Å². The predicted octanol–water partition coefficient (Wildman–Crippen LogP) is 1.03. The van der Waals surface area contributed by atoms with Crippen LogP contribution in [0.2, 0.25) is 0 Å². The van der Waals surface area contributed by atoms with Gasteiger partial charge in [0, 0.05) is 37.6 Å². The van der Waals surface area contributed by atoms with E-state index in [4.69, 9.17) is 17.0 Å². The Hall–Kier alpha value is -1.91. The summed E-state index contributed by atoms with van der Waals surface area (Å²) in [5.41, 5.74) is 1.79. The fourth-order valence-corrected chi connectivity index (χ4v) is 4.13. The average Bonchev–Trinajstić information content (AvgIpc) is 3.00. The van der Waals surface area contributed by atoms with Gasteiger partial charge in [0.15, 0.2) is 0 Å². The van der Waals surface area contributed by atoms with E-state index in [1.807, 2.05) is 24.3 Å². The van der Waals surface area contributed by atoms with Gasteiger partial charge in [-0.05, 0) is 31.2 Å². The lowest BCUT2D eigenvalue weighted by Gasteiger charge is -2.34. The second-order valence-electron chi connectivity index (χ2n) is 6.72. The largest absolute Gasteiger partial charge is 0.442 e. The van der Waals surface area contributed by atoms with Crippen molar-refractivity contribution in [1.82, 2.24) is 9.62 Å². The van der Waals surface area contributed by atoms with Crippen LogP contribution in [0, 0.1) is 0 Å². The number of anilines is 2. The third-order valence-electron chi connectivity index (χ3n) is 4.69. The summed E-state index contributed by atoms with van der Waals surface area (Å²) < 4.78 is 30.1. The molecule has 1 amide bonds. The molecule has 1 atom stereocenters. The van der Waals surface area contributed by atoms with Gasteiger partial charge in [-0.15, -0.1) is 0 Å². The highest BCUT2D eigenvalue weighted by atomic mass is 32.2. The number of benzene rings is 1. The van der Waals surface area contributed by atoms with Crippen LogP contribution in [0.4, 0.5) is 16.2 Å². The molecule has 2 aliphatic rings. The molecule has 2 heterocycles. The van der Waals surface area contributed by atoms with E-state index in [1.54, 1.807) is 11.8 Å². The van der Waals surface area contributed by atoms with E-state index in [0.29, 0.717) is 44.3 Å². The number of thiocarbonyl (C=S) groups is 1. The van der Waals surface area contributed by atoms with Crippen molar-refractivity contribution in [2.24, 2.45) is 0 Å². The van der Waals surface area contributed by atoms with Gasteiger partial charge in [0.1, 0.15) is 6.10 Å². The van der Waals surface area contributed by atoms with Crippen molar-refractivity contribution in [3.63, 3.8) is 0 Å². The number of rotatable bonds is 5. The van der Waals surface area contributed by atoms with Crippen LogP contribution >= 0.6 is 12.2 Å². The van der Waals surface area contributed by atoms with Gasteiger partial charge in [0.05, 0.1) is 24.3 Å². The summed E-state index contributed by atoms with van der Waals surface area (Å²) in [6.45, 7) is 5.01. The van der Waals surface area contributed by atoms with Crippen LogP contribution in [0.3, 0.4) is 0 Å². The first-order chi connectivity index (χ1) is 12.7. The predicted molar refractivity (Wildman–Crippen MR) is 109 cm³/mol. The minimum Gasteiger partial charge on any atom is -0.442 e. The van der Waals surface area contributed by atoms with Crippen LogP contribution in [0.1, 0.15) is 6.92 Å². The third-order valence-corrected chi connectivity index (χ3v) is 6.13. The molecule has 3 rings (SSSR count). The molecule has 1 aromatic carbocycles. The maximum Gasteiger partial charge on any atom is 0.414 e. The van der Waals surface area contributed by atoms with Gasteiger partial charge in [0.25, 0.3) is 0 Å². The summed E-state index contributed by atoms with van der Waals surface area (Å²) in [6, 6.07) is 7.68. The Morgan fingerprint density at radius 3 is 2.33 bits per heavy atom. The van der Waals surface area contributed by atoms with Crippen molar-refractivity contribution in [2.75, 3.05) is 55.3 Å².